The molecule has 0 aromatic heterocycles. The smallest absolute Gasteiger partial charge is 0.236 e. The molecule has 1 aliphatic heterocycles. The van der Waals surface area contributed by atoms with Crippen molar-refractivity contribution in [3.63, 3.8) is 0 Å². The lowest BCUT2D eigenvalue weighted by Gasteiger charge is -2.12. The van der Waals surface area contributed by atoms with E-state index in [4.69, 9.17) is 5.84 Å². The second-order valence-electron chi connectivity index (χ2n) is 2.19. The molecule has 3 heteroatoms. The van der Waals surface area contributed by atoms with Gasteiger partial charge in [-0.15, -0.1) is 0 Å². The Balaban J connectivity index is 0. The largest absolute Gasteiger partial charge is 0.278 e. The summed E-state index contributed by atoms with van der Waals surface area (Å²) in [7, 11) is 0. The van der Waals surface area contributed by atoms with Crippen molar-refractivity contribution in [1.82, 2.24) is 5.01 Å². The molecule has 1 unspecified atom stereocenters. The van der Waals surface area contributed by atoms with Gasteiger partial charge in [0.2, 0.25) is 5.91 Å². The van der Waals surface area contributed by atoms with Crippen molar-refractivity contribution >= 4 is 5.91 Å². The molecular formula is C7H18N2O. The summed E-state index contributed by atoms with van der Waals surface area (Å²) in [5.41, 5.74) is 0. The maximum atomic E-state index is 10.6. The van der Waals surface area contributed by atoms with Gasteiger partial charge in [-0.3, -0.25) is 9.80 Å². The Morgan fingerprint density at radius 2 is 2.20 bits per heavy atom. The third kappa shape index (κ3) is 1.99. The van der Waals surface area contributed by atoms with Gasteiger partial charge in [-0.2, -0.15) is 0 Å². The van der Waals surface area contributed by atoms with Crippen molar-refractivity contribution in [2.45, 2.75) is 39.7 Å². The quantitative estimate of drug-likeness (QED) is 0.411. The molecule has 0 spiro atoms. The Labute approximate surface area is 63.6 Å². The zero-order valence-corrected chi connectivity index (χ0v) is 6.92. The SMILES string of the molecule is CC.CC1CCC(=O)N1N.[HH]. The summed E-state index contributed by atoms with van der Waals surface area (Å²) < 4.78 is 0. The summed E-state index contributed by atoms with van der Waals surface area (Å²) >= 11 is 0. The van der Waals surface area contributed by atoms with Gasteiger partial charge in [-0.25, -0.2) is 5.84 Å². The summed E-state index contributed by atoms with van der Waals surface area (Å²) in [4.78, 5) is 10.6. The molecule has 2 N–H and O–H groups in total. The molecule has 0 aliphatic carbocycles. The lowest BCUT2D eigenvalue weighted by Crippen LogP contribution is -2.37. The molecule has 3 nitrogen and oxygen atoms in total. The van der Waals surface area contributed by atoms with Gasteiger partial charge >= 0.3 is 0 Å². The molecule has 0 radical (unpaired) electrons. The van der Waals surface area contributed by atoms with Crippen LogP contribution < -0.4 is 5.84 Å². The summed E-state index contributed by atoms with van der Waals surface area (Å²) in [6.45, 7) is 5.95. The minimum Gasteiger partial charge on any atom is -0.278 e. The van der Waals surface area contributed by atoms with Crippen molar-refractivity contribution in [2.24, 2.45) is 5.84 Å². The van der Waals surface area contributed by atoms with Gasteiger partial charge in [0.25, 0.3) is 0 Å². The van der Waals surface area contributed by atoms with E-state index in [-0.39, 0.29) is 13.4 Å². The van der Waals surface area contributed by atoms with Crippen LogP contribution in [0.2, 0.25) is 0 Å². The fourth-order valence-corrected chi connectivity index (χ4v) is 0.846. The summed E-state index contributed by atoms with van der Waals surface area (Å²) in [5, 5.41) is 1.31. The summed E-state index contributed by atoms with van der Waals surface area (Å²) in [5.74, 6) is 5.37. The number of hydrazine groups is 1. The molecule has 1 fully saturated rings. The highest BCUT2D eigenvalue weighted by Crippen LogP contribution is 2.12. The van der Waals surface area contributed by atoms with Gasteiger partial charge in [0.1, 0.15) is 0 Å². The molecule has 1 amide bonds. The van der Waals surface area contributed by atoms with E-state index in [1.165, 1.54) is 5.01 Å². The highest BCUT2D eigenvalue weighted by Gasteiger charge is 2.23. The second-order valence-corrected chi connectivity index (χ2v) is 2.19. The van der Waals surface area contributed by atoms with Crippen LogP contribution in [0.3, 0.4) is 0 Å². The Morgan fingerprint density at radius 3 is 2.30 bits per heavy atom. The molecule has 0 saturated carbocycles. The van der Waals surface area contributed by atoms with E-state index < -0.39 is 0 Å². The number of hydrogen-bond acceptors (Lipinski definition) is 2. The predicted octanol–water partition coefficient (Wildman–Crippen LogP) is 1.14. The molecule has 1 heterocycles. The van der Waals surface area contributed by atoms with Crippen molar-refractivity contribution in [2.75, 3.05) is 0 Å². The number of hydrogen-bond donors (Lipinski definition) is 1. The molecule has 0 aromatic rings. The summed E-state index contributed by atoms with van der Waals surface area (Å²) in [6.07, 6.45) is 1.53. The first-order valence-electron chi connectivity index (χ1n) is 3.78. The van der Waals surface area contributed by atoms with E-state index in [1.54, 1.807) is 0 Å². The van der Waals surface area contributed by atoms with E-state index in [0.29, 0.717) is 6.42 Å². The van der Waals surface area contributed by atoms with Crippen LogP contribution in [0.1, 0.15) is 35.0 Å². The van der Waals surface area contributed by atoms with Crippen molar-refractivity contribution in [1.29, 1.82) is 0 Å². The van der Waals surface area contributed by atoms with Crippen LogP contribution in [-0.2, 0) is 4.79 Å². The monoisotopic (exact) mass is 146 g/mol. The number of carbonyl (C=O) groups is 1. The van der Waals surface area contributed by atoms with Crippen molar-refractivity contribution in [3.05, 3.63) is 0 Å². The van der Waals surface area contributed by atoms with Crippen LogP contribution in [0.5, 0.6) is 0 Å². The van der Waals surface area contributed by atoms with E-state index in [2.05, 4.69) is 0 Å². The van der Waals surface area contributed by atoms with Gasteiger partial charge in [-0.1, -0.05) is 13.8 Å². The van der Waals surface area contributed by atoms with E-state index in [1.807, 2.05) is 20.8 Å². The van der Waals surface area contributed by atoms with Gasteiger partial charge in [0.15, 0.2) is 0 Å². The molecular weight excluding hydrogens is 128 g/mol. The van der Waals surface area contributed by atoms with Crippen molar-refractivity contribution < 1.29 is 6.22 Å². The molecule has 0 bridgehead atoms. The lowest BCUT2D eigenvalue weighted by molar-refractivity contribution is -0.128. The Hall–Kier alpha value is -0.570. The fourth-order valence-electron chi connectivity index (χ4n) is 0.846. The molecule has 0 aromatic carbocycles. The zero-order chi connectivity index (χ0) is 8.15. The van der Waals surface area contributed by atoms with E-state index in [0.717, 1.165) is 6.42 Å². The van der Waals surface area contributed by atoms with Crippen LogP contribution in [0.15, 0.2) is 0 Å². The number of carbonyl (C=O) groups excluding carboxylic acids is 1. The maximum absolute atomic E-state index is 10.6. The number of amides is 1. The zero-order valence-electron chi connectivity index (χ0n) is 6.92. The van der Waals surface area contributed by atoms with Gasteiger partial charge in [0, 0.05) is 13.9 Å². The highest BCUT2D eigenvalue weighted by atomic mass is 16.2. The topological polar surface area (TPSA) is 46.3 Å². The average molecular weight is 146 g/mol. The van der Waals surface area contributed by atoms with Crippen LogP contribution in [0, 0.1) is 0 Å². The van der Waals surface area contributed by atoms with Crippen molar-refractivity contribution in [3.8, 4) is 0 Å². The standard InChI is InChI=1S/C5H10N2O.C2H6.H2/c1-4-2-3-5(8)7(4)6;1-2;/h4H,2-3,6H2,1H3;1-2H3;1H. The summed E-state index contributed by atoms with van der Waals surface area (Å²) in [6, 6.07) is 0.252. The predicted molar refractivity (Wildman–Crippen MR) is 43.2 cm³/mol. The first-order chi connectivity index (χ1) is 4.72. The number of rotatable bonds is 0. The molecule has 1 saturated heterocycles. The van der Waals surface area contributed by atoms with Crippen LogP contribution >= 0.6 is 0 Å². The van der Waals surface area contributed by atoms with Gasteiger partial charge < -0.3 is 0 Å². The minimum absolute atomic E-state index is 0. The molecule has 1 atom stereocenters. The molecule has 10 heavy (non-hydrogen) atoms. The Bertz CT molecular complexity index is 119. The van der Waals surface area contributed by atoms with Gasteiger partial charge in [-0.05, 0) is 13.3 Å². The molecule has 1 aliphatic rings. The molecule has 1 rings (SSSR count). The normalized spacial score (nSPS) is 24.2. The number of nitrogens with zero attached hydrogens (tertiary/aromatic N) is 1. The first kappa shape index (κ1) is 9.43. The lowest BCUT2D eigenvalue weighted by atomic mass is 10.3. The number of nitrogens with two attached hydrogens (primary N) is 1. The van der Waals surface area contributed by atoms with Gasteiger partial charge in [0.05, 0.1) is 0 Å². The molecule has 62 valence electrons. The van der Waals surface area contributed by atoms with E-state index in [9.17, 15) is 4.79 Å². The highest BCUT2D eigenvalue weighted by molar-refractivity contribution is 5.77. The third-order valence-corrected chi connectivity index (χ3v) is 1.54. The Morgan fingerprint density at radius 1 is 1.70 bits per heavy atom. The Kier molecular flexibility index (Phi) is 4.03. The van der Waals surface area contributed by atoms with Crippen LogP contribution in [0.25, 0.3) is 0 Å². The fraction of sp³-hybridized carbons (Fsp3) is 0.857. The minimum atomic E-state index is 0. The maximum Gasteiger partial charge on any atom is 0.236 e. The van der Waals surface area contributed by atoms with E-state index >= 15 is 0 Å². The third-order valence-electron chi connectivity index (χ3n) is 1.54. The average Bonchev–Trinajstić information content (AvgIpc) is 2.25. The van der Waals surface area contributed by atoms with Crippen LogP contribution in [0.4, 0.5) is 0 Å². The second kappa shape index (κ2) is 4.28. The van der Waals surface area contributed by atoms with Crippen LogP contribution in [-0.4, -0.2) is 17.0 Å². The first-order valence-corrected chi connectivity index (χ1v) is 3.78.